The smallest absolute Gasteiger partial charge is 0.255 e. The van der Waals surface area contributed by atoms with Crippen LogP contribution in [0.2, 0.25) is 0 Å². The summed E-state index contributed by atoms with van der Waals surface area (Å²) in [7, 11) is 0. The molecule has 7 nitrogen and oxygen atoms in total. The third kappa shape index (κ3) is 5.13. The second-order valence-corrected chi connectivity index (χ2v) is 7.04. The monoisotopic (exact) mass is 397 g/mol. The van der Waals surface area contributed by atoms with Crippen LogP contribution in [-0.4, -0.2) is 38.2 Å². The molecular weight excluding hydrogens is 370 g/mol. The highest BCUT2D eigenvalue weighted by atomic mass is 16.5. The maximum absolute atomic E-state index is 12.7. The molecule has 1 fully saturated rings. The predicted molar refractivity (Wildman–Crippen MR) is 112 cm³/mol. The Morgan fingerprint density at radius 2 is 1.59 bits per heavy atom. The van der Waals surface area contributed by atoms with Crippen molar-refractivity contribution < 1.29 is 19.1 Å². The first kappa shape index (κ1) is 20.8. The molecule has 7 heteroatoms. The Labute approximate surface area is 170 Å². The van der Waals surface area contributed by atoms with Crippen LogP contribution in [0.3, 0.4) is 0 Å². The van der Waals surface area contributed by atoms with Crippen LogP contribution in [0, 0.1) is 5.41 Å². The number of anilines is 2. The van der Waals surface area contributed by atoms with Gasteiger partial charge in [0, 0.05) is 36.7 Å². The first-order valence-electron chi connectivity index (χ1n) is 9.80. The molecule has 2 aromatic rings. The largest absolute Gasteiger partial charge is 0.494 e. The van der Waals surface area contributed by atoms with Gasteiger partial charge in [0.15, 0.2) is 0 Å². The molecule has 1 saturated heterocycles. The van der Waals surface area contributed by atoms with Crippen molar-refractivity contribution in [3.63, 3.8) is 0 Å². The van der Waals surface area contributed by atoms with Gasteiger partial charge in [-0.05, 0) is 68.3 Å². The zero-order valence-corrected chi connectivity index (χ0v) is 16.6. The molecule has 0 spiro atoms. The van der Waals surface area contributed by atoms with Crippen molar-refractivity contribution in [3.05, 3.63) is 54.1 Å². The van der Waals surface area contributed by atoms with Gasteiger partial charge in [-0.3, -0.25) is 9.59 Å². The molecule has 29 heavy (non-hydrogen) atoms. The summed E-state index contributed by atoms with van der Waals surface area (Å²) >= 11 is 0. The number of benzene rings is 2. The third-order valence-electron chi connectivity index (χ3n) is 5.15. The van der Waals surface area contributed by atoms with E-state index in [-0.39, 0.29) is 18.4 Å². The van der Waals surface area contributed by atoms with Crippen molar-refractivity contribution >= 4 is 23.2 Å². The lowest BCUT2D eigenvalue weighted by Crippen LogP contribution is -2.46. The average molecular weight is 397 g/mol. The minimum Gasteiger partial charge on any atom is -0.494 e. The molecule has 0 saturated carbocycles. The first-order chi connectivity index (χ1) is 14.1. The highest BCUT2D eigenvalue weighted by molar-refractivity contribution is 6.04. The number of nitrogens with two attached hydrogens (primary N) is 1. The lowest BCUT2D eigenvalue weighted by Gasteiger charge is -2.34. The number of carbonyl (C=O) groups excluding carboxylic acids is 2. The molecule has 0 bridgehead atoms. The highest BCUT2D eigenvalue weighted by Crippen LogP contribution is 2.31. The van der Waals surface area contributed by atoms with Crippen LogP contribution in [0.4, 0.5) is 11.4 Å². The normalized spacial score (nSPS) is 15.4. The number of amides is 2. The van der Waals surface area contributed by atoms with Crippen molar-refractivity contribution in [1.82, 2.24) is 0 Å². The van der Waals surface area contributed by atoms with Gasteiger partial charge in [-0.15, -0.1) is 0 Å². The van der Waals surface area contributed by atoms with E-state index in [2.05, 4.69) is 10.6 Å². The van der Waals surface area contributed by atoms with Gasteiger partial charge in [0.1, 0.15) is 5.75 Å². The summed E-state index contributed by atoms with van der Waals surface area (Å²) in [5.74, 6) is 0.426. The van der Waals surface area contributed by atoms with Gasteiger partial charge in [-0.2, -0.15) is 0 Å². The van der Waals surface area contributed by atoms with Gasteiger partial charge >= 0.3 is 0 Å². The standard InChI is InChI=1S/C22H27N3O4/c1-2-29-19-9-7-17(8-10-19)24-20(26)16-3-5-18(6-4-16)25-21(27)22(15-23)11-13-28-14-12-22/h3-10H,2,11-15,23H2,1H3,(H,24,26)(H,25,27). The summed E-state index contributed by atoms with van der Waals surface area (Å²) in [6.45, 7) is 3.87. The highest BCUT2D eigenvalue weighted by Gasteiger charge is 2.38. The van der Waals surface area contributed by atoms with Gasteiger partial charge in [0.05, 0.1) is 12.0 Å². The Morgan fingerprint density at radius 1 is 1.00 bits per heavy atom. The molecule has 154 valence electrons. The molecule has 0 radical (unpaired) electrons. The van der Waals surface area contributed by atoms with E-state index in [0.717, 1.165) is 5.75 Å². The topological polar surface area (TPSA) is 103 Å². The van der Waals surface area contributed by atoms with E-state index in [0.29, 0.717) is 49.6 Å². The SMILES string of the molecule is CCOc1ccc(NC(=O)c2ccc(NC(=O)C3(CN)CCOCC3)cc2)cc1. The lowest BCUT2D eigenvalue weighted by atomic mass is 9.79. The second-order valence-electron chi connectivity index (χ2n) is 7.04. The number of hydrogen-bond donors (Lipinski definition) is 3. The van der Waals surface area contributed by atoms with E-state index in [1.165, 1.54) is 0 Å². The zero-order valence-electron chi connectivity index (χ0n) is 16.6. The van der Waals surface area contributed by atoms with E-state index in [1.54, 1.807) is 48.5 Å². The van der Waals surface area contributed by atoms with Crippen molar-refractivity contribution in [2.75, 3.05) is 37.0 Å². The fourth-order valence-corrected chi connectivity index (χ4v) is 3.26. The Hall–Kier alpha value is -2.90. The van der Waals surface area contributed by atoms with Crippen LogP contribution in [0.5, 0.6) is 5.75 Å². The molecule has 0 atom stereocenters. The zero-order chi connectivity index (χ0) is 20.7. The maximum Gasteiger partial charge on any atom is 0.255 e. The minimum absolute atomic E-state index is 0.102. The molecule has 0 unspecified atom stereocenters. The minimum atomic E-state index is -0.595. The molecule has 1 heterocycles. The first-order valence-corrected chi connectivity index (χ1v) is 9.80. The fourth-order valence-electron chi connectivity index (χ4n) is 3.26. The van der Waals surface area contributed by atoms with E-state index in [1.807, 2.05) is 6.92 Å². The summed E-state index contributed by atoms with van der Waals surface area (Å²) in [4.78, 5) is 25.2. The van der Waals surface area contributed by atoms with Gasteiger partial charge in [0.25, 0.3) is 5.91 Å². The van der Waals surface area contributed by atoms with Crippen molar-refractivity contribution in [2.45, 2.75) is 19.8 Å². The van der Waals surface area contributed by atoms with Gasteiger partial charge in [-0.25, -0.2) is 0 Å². The fraction of sp³-hybridized carbons (Fsp3) is 0.364. The van der Waals surface area contributed by atoms with Crippen molar-refractivity contribution in [2.24, 2.45) is 11.1 Å². The Bertz CT molecular complexity index is 828. The molecule has 3 rings (SSSR count). The lowest BCUT2D eigenvalue weighted by molar-refractivity contribution is -0.130. The number of carbonyl (C=O) groups is 2. The molecule has 1 aliphatic heterocycles. The quantitative estimate of drug-likeness (QED) is 0.666. The van der Waals surface area contributed by atoms with Crippen LogP contribution in [0.15, 0.2) is 48.5 Å². The van der Waals surface area contributed by atoms with Gasteiger partial charge < -0.3 is 25.8 Å². The third-order valence-corrected chi connectivity index (χ3v) is 5.15. The van der Waals surface area contributed by atoms with E-state index in [4.69, 9.17) is 15.2 Å². The maximum atomic E-state index is 12.7. The van der Waals surface area contributed by atoms with Crippen LogP contribution in [0.25, 0.3) is 0 Å². The van der Waals surface area contributed by atoms with Gasteiger partial charge in [0.2, 0.25) is 5.91 Å². The summed E-state index contributed by atoms with van der Waals surface area (Å²) in [5.41, 5.74) is 7.09. The number of rotatable bonds is 7. The van der Waals surface area contributed by atoms with Crippen LogP contribution < -0.4 is 21.1 Å². The molecule has 2 amide bonds. The number of hydrogen-bond acceptors (Lipinski definition) is 5. The van der Waals surface area contributed by atoms with Crippen molar-refractivity contribution in [1.29, 1.82) is 0 Å². The van der Waals surface area contributed by atoms with Crippen LogP contribution >= 0.6 is 0 Å². The summed E-state index contributed by atoms with van der Waals surface area (Å²) in [6, 6.07) is 14.0. The van der Waals surface area contributed by atoms with Crippen LogP contribution in [0.1, 0.15) is 30.1 Å². The summed E-state index contributed by atoms with van der Waals surface area (Å²) in [6.07, 6.45) is 1.22. The van der Waals surface area contributed by atoms with E-state index >= 15 is 0 Å². The molecule has 0 aromatic heterocycles. The average Bonchev–Trinajstić information content (AvgIpc) is 2.76. The number of nitrogens with one attached hydrogen (secondary N) is 2. The Morgan fingerprint density at radius 3 is 2.17 bits per heavy atom. The molecule has 0 aliphatic carbocycles. The van der Waals surface area contributed by atoms with Crippen molar-refractivity contribution in [3.8, 4) is 5.75 Å². The second kappa shape index (κ2) is 9.54. The molecule has 1 aliphatic rings. The molecular formula is C22H27N3O4. The van der Waals surface area contributed by atoms with Crippen LogP contribution in [-0.2, 0) is 9.53 Å². The Kier molecular flexibility index (Phi) is 6.85. The summed E-state index contributed by atoms with van der Waals surface area (Å²) in [5, 5.41) is 5.76. The molecule has 4 N–H and O–H groups in total. The van der Waals surface area contributed by atoms with E-state index in [9.17, 15) is 9.59 Å². The van der Waals surface area contributed by atoms with Gasteiger partial charge in [-0.1, -0.05) is 0 Å². The molecule has 2 aromatic carbocycles. The Balaban J connectivity index is 1.60. The predicted octanol–water partition coefficient (Wildman–Crippen LogP) is 3.03. The number of ether oxygens (including phenoxy) is 2. The van der Waals surface area contributed by atoms with E-state index < -0.39 is 5.41 Å². The summed E-state index contributed by atoms with van der Waals surface area (Å²) < 4.78 is 10.7.